The first-order valence-corrected chi connectivity index (χ1v) is 7.47. The summed E-state index contributed by atoms with van der Waals surface area (Å²) in [5, 5.41) is 15.1. The molecule has 0 aromatic rings. The summed E-state index contributed by atoms with van der Waals surface area (Å²) in [5.74, 6) is 0.191. The van der Waals surface area contributed by atoms with Crippen LogP contribution in [0.2, 0.25) is 0 Å². The van der Waals surface area contributed by atoms with Crippen molar-refractivity contribution in [3.05, 3.63) is 0 Å². The standard InChI is InChI=1S/C14H24N2O4/c1-2-15-13(18)7-10-5-6-11(12(8-17)20-10)16-14(19)9-3-4-9/h9-12,17H,2-8H2,1H3,(H,15,18)(H,16,19)/t10-,11+,12+/m0/s1. The van der Waals surface area contributed by atoms with Gasteiger partial charge in [-0.3, -0.25) is 9.59 Å². The van der Waals surface area contributed by atoms with Crippen LogP contribution in [0.25, 0.3) is 0 Å². The molecule has 1 aliphatic carbocycles. The number of hydrogen-bond acceptors (Lipinski definition) is 4. The highest BCUT2D eigenvalue weighted by molar-refractivity contribution is 5.81. The minimum absolute atomic E-state index is 0.0327. The van der Waals surface area contributed by atoms with Gasteiger partial charge in [0.1, 0.15) is 6.10 Å². The van der Waals surface area contributed by atoms with Gasteiger partial charge >= 0.3 is 0 Å². The van der Waals surface area contributed by atoms with E-state index in [9.17, 15) is 14.7 Å². The van der Waals surface area contributed by atoms with Crippen LogP contribution in [-0.2, 0) is 14.3 Å². The van der Waals surface area contributed by atoms with E-state index in [0.717, 1.165) is 25.7 Å². The predicted molar refractivity (Wildman–Crippen MR) is 72.9 cm³/mol. The quantitative estimate of drug-likeness (QED) is 0.638. The van der Waals surface area contributed by atoms with E-state index in [1.165, 1.54) is 0 Å². The second kappa shape index (κ2) is 7.04. The van der Waals surface area contributed by atoms with E-state index in [4.69, 9.17) is 4.74 Å². The van der Waals surface area contributed by atoms with Gasteiger partial charge in [-0.25, -0.2) is 0 Å². The van der Waals surface area contributed by atoms with E-state index in [1.807, 2.05) is 6.92 Å². The second-order valence-electron chi connectivity index (χ2n) is 5.60. The molecule has 0 unspecified atom stereocenters. The number of rotatable bonds is 6. The van der Waals surface area contributed by atoms with Gasteiger partial charge in [-0.2, -0.15) is 0 Å². The molecule has 2 aliphatic rings. The maximum Gasteiger partial charge on any atom is 0.223 e. The van der Waals surface area contributed by atoms with Crippen molar-refractivity contribution >= 4 is 11.8 Å². The molecule has 6 heteroatoms. The van der Waals surface area contributed by atoms with Gasteiger partial charge in [0.25, 0.3) is 0 Å². The Morgan fingerprint density at radius 3 is 2.60 bits per heavy atom. The molecular formula is C14H24N2O4. The van der Waals surface area contributed by atoms with Crippen LogP contribution in [0, 0.1) is 5.92 Å². The first kappa shape index (κ1) is 15.3. The first-order chi connectivity index (χ1) is 9.63. The third-order valence-electron chi connectivity index (χ3n) is 3.86. The van der Waals surface area contributed by atoms with Gasteiger partial charge in [-0.1, -0.05) is 0 Å². The van der Waals surface area contributed by atoms with Gasteiger partial charge in [0.15, 0.2) is 0 Å². The number of amides is 2. The number of hydrogen-bond donors (Lipinski definition) is 3. The summed E-state index contributed by atoms with van der Waals surface area (Å²) >= 11 is 0. The van der Waals surface area contributed by atoms with Crippen LogP contribution >= 0.6 is 0 Å². The lowest BCUT2D eigenvalue weighted by Crippen LogP contribution is -2.51. The lowest BCUT2D eigenvalue weighted by atomic mass is 9.96. The highest BCUT2D eigenvalue weighted by Gasteiger charge is 2.36. The lowest BCUT2D eigenvalue weighted by Gasteiger charge is -2.36. The van der Waals surface area contributed by atoms with Gasteiger partial charge in [0, 0.05) is 12.5 Å². The van der Waals surface area contributed by atoms with E-state index in [0.29, 0.717) is 13.0 Å². The fourth-order valence-corrected chi connectivity index (χ4v) is 2.57. The fraction of sp³-hybridized carbons (Fsp3) is 0.857. The molecule has 20 heavy (non-hydrogen) atoms. The number of nitrogens with one attached hydrogen (secondary N) is 2. The topological polar surface area (TPSA) is 87.7 Å². The van der Waals surface area contributed by atoms with E-state index in [-0.39, 0.29) is 36.5 Å². The summed E-state index contributed by atoms with van der Waals surface area (Å²) in [6.45, 7) is 2.34. The molecule has 1 saturated heterocycles. The van der Waals surface area contributed by atoms with Crippen LogP contribution < -0.4 is 10.6 Å². The molecule has 0 radical (unpaired) electrons. The highest BCUT2D eigenvalue weighted by atomic mass is 16.5. The molecule has 114 valence electrons. The molecule has 0 aromatic carbocycles. The Labute approximate surface area is 119 Å². The van der Waals surface area contributed by atoms with Crippen molar-refractivity contribution in [1.29, 1.82) is 0 Å². The minimum atomic E-state index is -0.411. The summed E-state index contributed by atoms with van der Waals surface area (Å²) in [7, 11) is 0. The monoisotopic (exact) mass is 284 g/mol. The number of ether oxygens (including phenoxy) is 1. The fourth-order valence-electron chi connectivity index (χ4n) is 2.57. The summed E-state index contributed by atoms with van der Waals surface area (Å²) in [6, 6.07) is -0.140. The second-order valence-corrected chi connectivity index (χ2v) is 5.60. The van der Waals surface area contributed by atoms with Crippen molar-refractivity contribution < 1.29 is 19.4 Å². The van der Waals surface area contributed by atoms with Crippen LogP contribution in [0.15, 0.2) is 0 Å². The van der Waals surface area contributed by atoms with Crippen LogP contribution in [0.1, 0.15) is 39.0 Å². The average Bonchev–Trinajstić information content (AvgIpc) is 3.25. The van der Waals surface area contributed by atoms with Crippen LogP contribution in [0.5, 0.6) is 0 Å². The summed E-state index contributed by atoms with van der Waals surface area (Å²) in [5.41, 5.74) is 0. The molecule has 3 N–H and O–H groups in total. The first-order valence-electron chi connectivity index (χ1n) is 7.47. The molecule has 0 aromatic heterocycles. The van der Waals surface area contributed by atoms with Crippen molar-refractivity contribution in [3.8, 4) is 0 Å². The number of aliphatic hydroxyl groups excluding tert-OH is 1. The Kier molecular flexibility index (Phi) is 5.37. The molecule has 6 nitrogen and oxygen atoms in total. The maximum absolute atomic E-state index is 11.8. The SMILES string of the molecule is CCNC(=O)C[C@@H]1CC[C@@H](NC(=O)C2CC2)[C@@H](CO)O1. The van der Waals surface area contributed by atoms with Gasteiger partial charge in [0.2, 0.25) is 11.8 Å². The van der Waals surface area contributed by atoms with Crippen LogP contribution in [0.3, 0.4) is 0 Å². The van der Waals surface area contributed by atoms with Crippen molar-refractivity contribution in [2.45, 2.75) is 57.3 Å². The van der Waals surface area contributed by atoms with Gasteiger partial charge in [0.05, 0.1) is 25.2 Å². The van der Waals surface area contributed by atoms with Crippen LogP contribution in [0.4, 0.5) is 0 Å². The van der Waals surface area contributed by atoms with Crippen molar-refractivity contribution in [2.24, 2.45) is 5.92 Å². The van der Waals surface area contributed by atoms with Crippen LogP contribution in [-0.4, -0.2) is 48.3 Å². The Morgan fingerprint density at radius 2 is 2.00 bits per heavy atom. The zero-order valence-electron chi connectivity index (χ0n) is 11.9. The Bertz CT molecular complexity index is 357. The third-order valence-corrected chi connectivity index (χ3v) is 3.86. The maximum atomic E-state index is 11.8. The molecule has 2 amide bonds. The smallest absolute Gasteiger partial charge is 0.223 e. The predicted octanol–water partition coefficient (Wildman–Crippen LogP) is -0.0527. The molecule has 2 fully saturated rings. The average molecular weight is 284 g/mol. The zero-order chi connectivity index (χ0) is 14.5. The molecule has 0 bridgehead atoms. The molecule has 1 saturated carbocycles. The van der Waals surface area contributed by atoms with Gasteiger partial charge in [-0.15, -0.1) is 0 Å². The van der Waals surface area contributed by atoms with Crippen molar-refractivity contribution in [1.82, 2.24) is 10.6 Å². The largest absolute Gasteiger partial charge is 0.394 e. The molecule has 1 heterocycles. The van der Waals surface area contributed by atoms with Crippen molar-refractivity contribution in [3.63, 3.8) is 0 Å². The Balaban J connectivity index is 1.80. The number of aliphatic hydroxyl groups is 1. The highest BCUT2D eigenvalue weighted by Crippen LogP contribution is 2.30. The Morgan fingerprint density at radius 1 is 1.25 bits per heavy atom. The molecular weight excluding hydrogens is 260 g/mol. The molecule has 3 atom stereocenters. The van der Waals surface area contributed by atoms with E-state index >= 15 is 0 Å². The normalized spacial score (nSPS) is 29.8. The third kappa shape index (κ3) is 4.18. The Hall–Kier alpha value is -1.14. The van der Waals surface area contributed by atoms with Gasteiger partial charge < -0.3 is 20.5 Å². The van der Waals surface area contributed by atoms with Gasteiger partial charge in [-0.05, 0) is 32.6 Å². The lowest BCUT2D eigenvalue weighted by molar-refractivity contribution is -0.136. The summed E-state index contributed by atoms with van der Waals surface area (Å²) in [4.78, 5) is 23.3. The molecule has 1 aliphatic heterocycles. The minimum Gasteiger partial charge on any atom is -0.394 e. The molecule has 0 spiro atoms. The van der Waals surface area contributed by atoms with E-state index in [2.05, 4.69) is 10.6 Å². The summed E-state index contributed by atoms with van der Waals surface area (Å²) < 4.78 is 5.74. The van der Waals surface area contributed by atoms with E-state index in [1.54, 1.807) is 0 Å². The number of carbonyl (C=O) groups excluding carboxylic acids is 2. The van der Waals surface area contributed by atoms with E-state index < -0.39 is 6.10 Å². The zero-order valence-corrected chi connectivity index (χ0v) is 11.9. The number of carbonyl (C=O) groups is 2. The molecule has 2 rings (SSSR count). The summed E-state index contributed by atoms with van der Waals surface area (Å²) in [6.07, 6.45) is 3.12. The van der Waals surface area contributed by atoms with Crippen molar-refractivity contribution in [2.75, 3.05) is 13.2 Å².